The first-order valence-corrected chi connectivity index (χ1v) is 4.92. The maximum atomic E-state index is 11.4. The molecule has 0 spiro atoms. The normalized spacial score (nSPS) is 22.9. The maximum absolute atomic E-state index is 11.4. The first-order chi connectivity index (χ1) is 7.66. The van der Waals surface area contributed by atoms with Crippen molar-refractivity contribution in [2.24, 2.45) is 5.73 Å². The van der Waals surface area contributed by atoms with Gasteiger partial charge in [0.25, 0.3) is 5.91 Å². The van der Waals surface area contributed by atoms with Gasteiger partial charge in [-0.05, 0) is 12.2 Å². The summed E-state index contributed by atoms with van der Waals surface area (Å²) < 4.78 is 1.62. The molecule has 1 atom stereocenters. The van der Waals surface area contributed by atoms with Gasteiger partial charge in [-0.2, -0.15) is 5.06 Å². The van der Waals surface area contributed by atoms with Crippen LogP contribution >= 0.6 is 0 Å². The lowest BCUT2D eigenvalue weighted by atomic mass is 10.1. The minimum Gasteiger partial charge on any atom is -0.320 e. The maximum Gasteiger partial charge on any atom is 0.269 e. The van der Waals surface area contributed by atoms with Crippen LogP contribution in [0.25, 0.3) is 5.70 Å². The Morgan fingerprint density at radius 1 is 1.56 bits per heavy atom. The lowest BCUT2D eigenvalue weighted by molar-refractivity contribution is -0.125. The van der Waals surface area contributed by atoms with Gasteiger partial charge in [0, 0.05) is 18.2 Å². The van der Waals surface area contributed by atoms with Crippen LogP contribution < -0.4 is 10.8 Å². The van der Waals surface area contributed by atoms with Gasteiger partial charge in [0.1, 0.15) is 0 Å². The Morgan fingerprint density at radius 2 is 2.31 bits per heavy atom. The SMILES string of the molecule is N[C@H]1Cc2cn(C3=CC=C3)nc2N(O)C1=O. The van der Waals surface area contributed by atoms with Crippen molar-refractivity contribution in [1.82, 2.24) is 9.78 Å². The Kier molecular flexibility index (Phi) is 1.77. The summed E-state index contributed by atoms with van der Waals surface area (Å²) in [5, 5.41) is 14.2. The van der Waals surface area contributed by atoms with E-state index in [-0.39, 0.29) is 5.82 Å². The summed E-state index contributed by atoms with van der Waals surface area (Å²) in [7, 11) is 0. The lowest BCUT2D eigenvalue weighted by Crippen LogP contribution is -2.47. The Balaban J connectivity index is 2.03. The van der Waals surface area contributed by atoms with E-state index in [0.29, 0.717) is 11.5 Å². The smallest absolute Gasteiger partial charge is 0.269 e. The van der Waals surface area contributed by atoms with Crippen molar-refractivity contribution in [2.45, 2.75) is 12.5 Å². The Labute approximate surface area is 91.2 Å². The highest BCUT2D eigenvalue weighted by atomic mass is 16.5. The standard InChI is InChI=1S/C10H10N4O2/c11-8-4-6-5-13(7-2-1-3-7)12-9(6)14(16)10(8)15/h1-3,5,8,16H,4,11H2/t8-/m0/s1. The fourth-order valence-corrected chi connectivity index (χ4v) is 1.78. The quantitative estimate of drug-likeness (QED) is 0.644. The Hall–Kier alpha value is -1.92. The Bertz CT molecular complexity index is 529. The van der Waals surface area contributed by atoms with Crippen LogP contribution in [0, 0.1) is 0 Å². The topological polar surface area (TPSA) is 84.4 Å². The second kappa shape index (κ2) is 3.03. The molecule has 1 aromatic heterocycles. The molecule has 6 heteroatoms. The third-order valence-corrected chi connectivity index (χ3v) is 2.73. The molecule has 1 aliphatic heterocycles. The number of allylic oxidation sites excluding steroid dienone is 4. The molecule has 0 aromatic carbocycles. The van der Waals surface area contributed by atoms with Crippen molar-refractivity contribution < 1.29 is 10.0 Å². The highest BCUT2D eigenvalue weighted by Crippen LogP contribution is 2.26. The van der Waals surface area contributed by atoms with E-state index in [1.54, 1.807) is 10.9 Å². The first-order valence-electron chi connectivity index (χ1n) is 4.92. The number of hydrogen-bond donors (Lipinski definition) is 2. The van der Waals surface area contributed by atoms with E-state index in [1.165, 1.54) is 0 Å². The van der Waals surface area contributed by atoms with Crippen LogP contribution in [0.15, 0.2) is 24.4 Å². The van der Waals surface area contributed by atoms with Crippen molar-refractivity contribution in [2.75, 3.05) is 5.06 Å². The molecule has 0 radical (unpaired) electrons. The summed E-state index contributed by atoms with van der Waals surface area (Å²) in [5.74, 6) is -0.246. The summed E-state index contributed by atoms with van der Waals surface area (Å²) in [6.45, 7) is 0. The third kappa shape index (κ3) is 1.14. The van der Waals surface area contributed by atoms with Gasteiger partial charge in [-0.3, -0.25) is 10.0 Å². The van der Waals surface area contributed by atoms with E-state index >= 15 is 0 Å². The fraction of sp³-hybridized carbons (Fsp3) is 0.200. The number of rotatable bonds is 1. The van der Waals surface area contributed by atoms with Gasteiger partial charge >= 0.3 is 0 Å². The van der Waals surface area contributed by atoms with Crippen LogP contribution in [0.4, 0.5) is 5.82 Å². The molecule has 1 aliphatic carbocycles. The summed E-state index contributed by atoms with van der Waals surface area (Å²) in [5.41, 5.74) is 7.29. The van der Waals surface area contributed by atoms with E-state index in [1.807, 2.05) is 18.2 Å². The van der Waals surface area contributed by atoms with E-state index in [4.69, 9.17) is 5.73 Å². The highest BCUT2D eigenvalue weighted by Gasteiger charge is 2.32. The van der Waals surface area contributed by atoms with Crippen LogP contribution in [0.2, 0.25) is 0 Å². The number of carbonyl (C=O) groups is 1. The van der Waals surface area contributed by atoms with Crippen molar-refractivity contribution >= 4 is 17.4 Å². The second-order valence-electron chi connectivity index (χ2n) is 3.83. The van der Waals surface area contributed by atoms with Crippen molar-refractivity contribution in [3.05, 3.63) is 30.0 Å². The van der Waals surface area contributed by atoms with Crippen LogP contribution in [0.3, 0.4) is 0 Å². The van der Waals surface area contributed by atoms with E-state index in [2.05, 4.69) is 5.10 Å². The average Bonchev–Trinajstić information content (AvgIpc) is 2.55. The molecular weight excluding hydrogens is 208 g/mol. The number of hydroxylamine groups is 1. The zero-order chi connectivity index (χ0) is 11.3. The molecule has 0 unspecified atom stereocenters. The third-order valence-electron chi connectivity index (χ3n) is 2.73. The predicted molar refractivity (Wildman–Crippen MR) is 56.6 cm³/mol. The van der Waals surface area contributed by atoms with Crippen LogP contribution in [0.5, 0.6) is 0 Å². The second-order valence-corrected chi connectivity index (χ2v) is 3.83. The van der Waals surface area contributed by atoms with Crippen LogP contribution in [0.1, 0.15) is 5.56 Å². The van der Waals surface area contributed by atoms with Gasteiger partial charge in [0.15, 0.2) is 5.82 Å². The van der Waals surface area contributed by atoms with Crippen LogP contribution in [-0.2, 0) is 11.2 Å². The molecule has 0 saturated heterocycles. The van der Waals surface area contributed by atoms with E-state index in [9.17, 15) is 10.0 Å². The Morgan fingerprint density at radius 3 is 2.94 bits per heavy atom. The average molecular weight is 218 g/mol. The van der Waals surface area contributed by atoms with Gasteiger partial charge in [-0.25, -0.2) is 4.68 Å². The number of carbonyl (C=O) groups excluding carboxylic acids is 1. The zero-order valence-electron chi connectivity index (χ0n) is 8.37. The number of nitrogens with zero attached hydrogens (tertiary/aromatic N) is 3. The molecule has 2 aliphatic rings. The molecule has 2 heterocycles. The van der Waals surface area contributed by atoms with Gasteiger partial charge in [0.2, 0.25) is 0 Å². The fourth-order valence-electron chi connectivity index (χ4n) is 1.78. The zero-order valence-corrected chi connectivity index (χ0v) is 8.37. The molecule has 1 amide bonds. The molecule has 6 nitrogen and oxygen atoms in total. The summed E-state index contributed by atoms with van der Waals surface area (Å²) in [4.78, 5) is 11.4. The predicted octanol–water partition coefficient (Wildman–Crippen LogP) is -0.101. The molecule has 82 valence electrons. The van der Waals surface area contributed by atoms with Gasteiger partial charge < -0.3 is 5.73 Å². The number of nitrogens with two attached hydrogens (primary N) is 1. The molecule has 16 heavy (non-hydrogen) atoms. The van der Waals surface area contributed by atoms with Gasteiger partial charge in [0.05, 0.1) is 11.7 Å². The molecule has 0 saturated carbocycles. The lowest BCUT2D eigenvalue weighted by Gasteiger charge is -2.22. The largest absolute Gasteiger partial charge is 0.320 e. The molecular formula is C10H10N4O2. The van der Waals surface area contributed by atoms with Crippen molar-refractivity contribution in [3.63, 3.8) is 0 Å². The molecule has 0 bridgehead atoms. The number of anilines is 1. The van der Waals surface area contributed by atoms with E-state index < -0.39 is 11.9 Å². The summed E-state index contributed by atoms with van der Waals surface area (Å²) >= 11 is 0. The summed E-state index contributed by atoms with van der Waals surface area (Å²) in [6.07, 6.45) is 7.86. The molecule has 3 N–H and O–H groups in total. The molecule has 0 fully saturated rings. The number of amides is 1. The first kappa shape index (κ1) is 9.32. The number of hydrogen-bond acceptors (Lipinski definition) is 4. The van der Waals surface area contributed by atoms with Gasteiger partial charge in [-0.15, -0.1) is 5.10 Å². The highest BCUT2D eigenvalue weighted by molar-refractivity contribution is 5.97. The van der Waals surface area contributed by atoms with Gasteiger partial charge in [-0.1, -0.05) is 6.08 Å². The van der Waals surface area contributed by atoms with Crippen molar-refractivity contribution in [1.29, 1.82) is 0 Å². The number of aromatic nitrogens is 2. The van der Waals surface area contributed by atoms with Crippen molar-refractivity contribution in [3.8, 4) is 0 Å². The van der Waals surface area contributed by atoms with Crippen LogP contribution in [-0.4, -0.2) is 26.9 Å². The minimum absolute atomic E-state index is 0.271. The molecule has 1 aromatic rings. The number of fused-ring (bicyclic) bond motifs is 1. The minimum atomic E-state index is -0.693. The monoisotopic (exact) mass is 218 g/mol. The molecule has 3 rings (SSSR count). The van der Waals surface area contributed by atoms with E-state index in [0.717, 1.165) is 11.3 Å². The summed E-state index contributed by atoms with van der Waals surface area (Å²) in [6, 6.07) is -0.693.